The van der Waals surface area contributed by atoms with Gasteiger partial charge in [0.15, 0.2) is 0 Å². The molecule has 5 aromatic rings. The van der Waals surface area contributed by atoms with Crippen molar-refractivity contribution < 1.29 is 13.2 Å². The third kappa shape index (κ3) is 6.25. The number of carbonyl (C=O) groups excluding carboxylic acids is 1. The third-order valence-electron chi connectivity index (χ3n) is 8.71. The van der Waals surface area contributed by atoms with Crippen molar-refractivity contribution in [2.75, 3.05) is 18.4 Å². The molecule has 0 spiro atoms. The van der Waals surface area contributed by atoms with Gasteiger partial charge in [0.1, 0.15) is 23.0 Å². The molecule has 244 valence electrons. The molecule has 1 saturated heterocycles. The topological polar surface area (TPSA) is 135 Å². The molecule has 1 amide bonds. The Hall–Kier alpha value is -5.51. The number of amides is 1. The summed E-state index contributed by atoms with van der Waals surface area (Å²) in [6, 6.07) is 26.9. The van der Waals surface area contributed by atoms with Gasteiger partial charge in [0.05, 0.1) is 22.0 Å². The van der Waals surface area contributed by atoms with Crippen LogP contribution in [0.1, 0.15) is 31.0 Å². The van der Waals surface area contributed by atoms with Gasteiger partial charge in [-0.2, -0.15) is 14.7 Å². The maximum Gasteiger partial charge on any atom is 0.295 e. The van der Waals surface area contributed by atoms with E-state index in [4.69, 9.17) is 5.10 Å². The maximum atomic E-state index is 13.6. The quantitative estimate of drug-likeness (QED) is 0.177. The average molecular weight is 662 g/mol. The van der Waals surface area contributed by atoms with Gasteiger partial charge in [-0.3, -0.25) is 14.3 Å². The zero-order chi connectivity index (χ0) is 34.0. The Morgan fingerprint density at radius 2 is 1.62 bits per heavy atom. The lowest BCUT2D eigenvalue weighted by molar-refractivity contribution is -0.112. The number of nitrogens with one attached hydrogen (secondary N) is 1. The van der Waals surface area contributed by atoms with E-state index in [1.165, 1.54) is 15.1 Å². The average Bonchev–Trinajstić information content (AvgIpc) is 3.62. The minimum Gasteiger partial charge on any atom is -0.315 e. The summed E-state index contributed by atoms with van der Waals surface area (Å²) >= 11 is 0. The molecule has 0 radical (unpaired) electrons. The normalized spacial score (nSPS) is 14.5. The van der Waals surface area contributed by atoms with Crippen molar-refractivity contribution in [1.82, 2.24) is 23.4 Å². The second-order valence-electron chi connectivity index (χ2n) is 11.9. The van der Waals surface area contributed by atoms with Crippen LogP contribution in [-0.2, 0) is 21.9 Å². The van der Waals surface area contributed by atoms with E-state index in [2.05, 4.69) is 12.2 Å². The first-order valence-electron chi connectivity index (χ1n) is 15.6. The van der Waals surface area contributed by atoms with Crippen LogP contribution in [0.3, 0.4) is 0 Å². The lowest BCUT2D eigenvalue weighted by Gasteiger charge is -2.29. The highest BCUT2D eigenvalue weighted by atomic mass is 32.2. The van der Waals surface area contributed by atoms with Crippen LogP contribution in [0, 0.1) is 24.2 Å². The number of aromatic nitrogens is 4. The van der Waals surface area contributed by atoms with Crippen LogP contribution in [0.15, 0.2) is 106 Å². The van der Waals surface area contributed by atoms with Crippen LogP contribution in [0.2, 0.25) is 0 Å². The number of sulfonamides is 1. The van der Waals surface area contributed by atoms with E-state index >= 15 is 0 Å². The zero-order valence-corrected chi connectivity index (χ0v) is 27.7. The molecule has 3 aromatic carbocycles. The van der Waals surface area contributed by atoms with Gasteiger partial charge in [0.2, 0.25) is 10.0 Å². The van der Waals surface area contributed by atoms with Crippen molar-refractivity contribution in [1.29, 1.82) is 5.26 Å². The molecule has 0 aliphatic carbocycles. The van der Waals surface area contributed by atoms with E-state index in [0.717, 1.165) is 18.5 Å². The van der Waals surface area contributed by atoms with Crippen molar-refractivity contribution >= 4 is 27.7 Å². The van der Waals surface area contributed by atoms with Crippen LogP contribution in [0.5, 0.6) is 0 Å². The Morgan fingerprint density at radius 1 is 0.979 bits per heavy atom. The molecule has 1 aliphatic rings. The Labute approximate surface area is 279 Å². The van der Waals surface area contributed by atoms with Gasteiger partial charge in [0, 0.05) is 37.5 Å². The van der Waals surface area contributed by atoms with Gasteiger partial charge in [-0.25, -0.2) is 17.8 Å². The summed E-state index contributed by atoms with van der Waals surface area (Å²) in [7, 11) is -2.03. The van der Waals surface area contributed by atoms with Gasteiger partial charge in [-0.05, 0) is 68.2 Å². The number of anilines is 1. The fourth-order valence-corrected chi connectivity index (χ4v) is 7.32. The summed E-state index contributed by atoms with van der Waals surface area (Å²) < 4.78 is 33.4. The summed E-state index contributed by atoms with van der Waals surface area (Å²) in [6.07, 6.45) is 4.69. The van der Waals surface area contributed by atoms with E-state index < -0.39 is 21.5 Å². The lowest BCUT2D eigenvalue weighted by atomic mass is 10.0. The Kier molecular flexibility index (Phi) is 8.99. The number of benzene rings is 3. The second-order valence-corrected chi connectivity index (χ2v) is 13.8. The molecule has 0 saturated carbocycles. The Morgan fingerprint density at radius 3 is 2.27 bits per heavy atom. The van der Waals surface area contributed by atoms with Crippen LogP contribution in [0.25, 0.3) is 28.7 Å². The van der Waals surface area contributed by atoms with Crippen molar-refractivity contribution in [2.45, 2.75) is 31.6 Å². The number of hydrogen-bond donors (Lipinski definition) is 1. The minimum atomic E-state index is -3.75. The van der Waals surface area contributed by atoms with Gasteiger partial charge in [0.25, 0.3) is 11.5 Å². The highest BCUT2D eigenvalue weighted by molar-refractivity contribution is 7.89. The first kappa shape index (κ1) is 32.4. The van der Waals surface area contributed by atoms with Gasteiger partial charge in [-0.1, -0.05) is 55.5 Å². The third-order valence-corrected chi connectivity index (χ3v) is 10.6. The number of para-hydroxylation sites is 2. The molecule has 12 heteroatoms. The molecular weight excluding hydrogens is 627 g/mol. The monoisotopic (exact) mass is 661 g/mol. The fraction of sp³-hybridized carbons (Fsp3) is 0.222. The van der Waals surface area contributed by atoms with Crippen molar-refractivity contribution in [3.63, 3.8) is 0 Å². The molecule has 6 rings (SSSR count). The number of nitrogens with zero attached hydrogens (tertiary/aromatic N) is 6. The van der Waals surface area contributed by atoms with E-state index in [1.807, 2.05) is 54.6 Å². The van der Waals surface area contributed by atoms with Crippen LogP contribution >= 0.6 is 0 Å². The minimum absolute atomic E-state index is 0.0534. The predicted octanol–water partition coefficient (Wildman–Crippen LogP) is 5.30. The molecule has 0 atom stereocenters. The van der Waals surface area contributed by atoms with Gasteiger partial charge >= 0.3 is 0 Å². The number of nitriles is 1. The summed E-state index contributed by atoms with van der Waals surface area (Å²) in [5.74, 6) is -0.293. The second kappa shape index (κ2) is 13.3. The molecular formula is C36H35N7O4S. The predicted molar refractivity (Wildman–Crippen MR) is 184 cm³/mol. The number of carbonyl (C=O) groups is 1. The Bertz CT molecular complexity index is 2220. The summed E-state index contributed by atoms with van der Waals surface area (Å²) in [5, 5.41) is 17.6. The SMILES string of the molecule is Cc1c(NC(=O)C(C#N)=Cc2cn(-c3ccccc3)nc2-c2cccc(S(=O)(=O)N3CCC(C)CC3)c2)c(=O)n(-c2ccccc2)n1C. The van der Waals surface area contributed by atoms with Crippen LogP contribution in [-0.4, -0.2) is 50.9 Å². The van der Waals surface area contributed by atoms with Gasteiger partial charge < -0.3 is 5.32 Å². The van der Waals surface area contributed by atoms with E-state index in [1.54, 1.807) is 65.9 Å². The highest BCUT2D eigenvalue weighted by Crippen LogP contribution is 2.30. The van der Waals surface area contributed by atoms with Crippen molar-refractivity contribution in [3.05, 3.63) is 118 Å². The van der Waals surface area contributed by atoms with E-state index in [9.17, 15) is 23.3 Å². The largest absolute Gasteiger partial charge is 0.315 e. The van der Waals surface area contributed by atoms with E-state index in [-0.39, 0.29) is 16.2 Å². The molecule has 0 unspecified atom stereocenters. The summed E-state index contributed by atoms with van der Waals surface area (Å²) in [5.41, 5.74) is 2.52. The number of rotatable bonds is 8. The smallest absolute Gasteiger partial charge is 0.295 e. The maximum absolute atomic E-state index is 13.6. The first-order chi connectivity index (χ1) is 23.1. The van der Waals surface area contributed by atoms with Crippen molar-refractivity contribution in [2.24, 2.45) is 13.0 Å². The van der Waals surface area contributed by atoms with Crippen LogP contribution < -0.4 is 10.9 Å². The lowest BCUT2D eigenvalue weighted by Crippen LogP contribution is -2.37. The first-order valence-corrected chi connectivity index (χ1v) is 17.1. The van der Waals surface area contributed by atoms with Crippen LogP contribution in [0.4, 0.5) is 5.69 Å². The molecule has 2 aromatic heterocycles. The standard InChI is InChI=1S/C36H35N7O4S/c1-25-17-19-41(20-18-25)48(46,47)32-16-10-11-27(22-32)34-29(24-42(39-34)30-12-6-4-7-13-30)21-28(23-37)35(44)38-33-26(2)40(3)43(36(33)45)31-14-8-5-9-15-31/h4-16,21-22,24-25H,17-20H2,1-3H3,(H,38,44). The molecule has 0 bridgehead atoms. The molecule has 1 fully saturated rings. The molecule has 1 N–H and O–H groups in total. The fourth-order valence-electron chi connectivity index (χ4n) is 5.81. The molecule has 1 aliphatic heterocycles. The number of piperidine rings is 1. The van der Waals surface area contributed by atoms with E-state index in [0.29, 0.717) is 47.2 Å². The molecule has 11 nitrogen and oxygen atoms in total. The summed E-state index contributed by atoms with van der Waals surface area (Å²) in [6.45, 7) is 4.75. The van der Waals surface area contributed by atoms with Gasteiger partial charge in [-0.15, -0.1) is 0 Å². The molecule has 3 heterocycles. The molecule has 48 heavy (non-hydrogen) atoms. The van der Waals surface area contributed by atoms with Crippen molar-refractivity contribution in [3.8, 4) is 28.7 Å². The summed E-state index contributed by atoms with van der Waals surface area (Å²) in [4.78, 5) is 27.1. The zero-order valence-electron chi connectivity index (χ0n) is 26.9. The highest BCUT2D eigenvalue weighted by Gasteiger charge is 2.29. The number of hydrogen-bond acceptors (Lipinski definition) is 6. The Balaban J connectivity index is 1.39.